The first-order chi connectivity index (χ1) is 34.0. The van der Waals surface area contributed by atoms with Crippen LogP contribution in [0, 0.1) is 31.2 Å². The van der Waals surface area contributed by atoms with Crippen LogP contribution in [-0.4, -0.2) is 0 Å². The summed E-state index contributed by atoms with van der Waals surface area (Å²) in [5, 5.41) is 6.25. The molecule has 6 heteroatoms. The fraction of sp³-hybridized carbons (Fsp3) is 0.123. The van der Waals surface area contributed by atoms with Crippen molar-refractivity contribution in [1.29, 1.82) is 5.26 Å². The number of nitrogens with zero attached hydrogens (tertiary/aromatic N) is 5. The third-order valence-corrected chi connectivity index (χ3v) is 13.3. The molecule has 0 saturated heterocycles. The average Bonchev–Trinajstić information content (AvgIpc) is 3.98. The van der Waals surface area contributed by atoms with Crippen LogP contribution < -0.4 is 19.6 Å². The van der Waals surface area contributed by atoms with Crippen LogP contribution in [0.1, 0.15) is 52.7 Å². The number of hydrogen-bond donors (Lipinski definition) is 0. The number of para-hydroxylation sites is 4. The average molecular weight is 1100 g/mol. The minimum absolute atomic E-state index is 0. The van der Waals surface area contributed by atoms with E-state index in [1.54, 1.807) is 0 Å². The van der Waals surface area contributed by atoms with Crippen LogP contribution in [0.2, 0.25) is 0 Å². The fourth-order valence-electron chi connectivity index (χ4n) is 9.69. The molecule has 0 radical (unpaired) electrons. The fourth-order valence-corrected chi connectivity index (χ4v) is 9.69. The number of benzene rings is 9. The van der Waals surface area contributed by atoms with Crippen LogP contribution in [0.5, 0.6) is 0 Å². The van der Waals surface area contributed by atoms with Crippen molar-refractivity contribution in [3.05, 3.63) is 249 Å². The summed E-state index contributed by atoms with van der Waals surface area (Å²) in [7, 11) is 0. The summed E-state index contributed by atoms with van der Waals surface area (Å²) in [6.07, 6.45) is 0. The third-order valence-electron chi connectivity index (χ3n) is 13.3. The molecule has 2 aliphatic heterocycles. The molecule has 0 bridgehead atoms. The zero-order valence-electron chi connectivity index (χ0n) is 40.9. The summed E-state index contributed by atoms with van der Waals surface area (Å²) in [5.74, 6) is 0. The van der Waals surface area contributed by atoms with Gasteiger partial charge in [0.15, 0.2) is 0 Å². The number of rotatable bonds is 8. The zero-order valence-corrected chi connectivity index (χ0v) is 43.2. The monoisotopic (exact) mass is 1100 g/mol. The van der Waals surface area contributed by atoms with Crippen molar-refractivity contribution in [2.75, 3.05) is 19.6 Å². The van der Waals surface area contributed by atoms with Crippen molar-refractivity contribution in [3.63, 3.8) is 0 Å². The standard InChI is InChI=1S/C64H55N4.CN.Pt/c1-63(2,3)49-38-53(45-24-11-7-12-25-45)61(54(39-49)46-26-13-8-14-27-46)67-43-65(57-34-19-21-36-59(57)67)51-32-23-33-52(42-51)66-44-68(60-37-22-20-35-58(60)66)62-55(47-28-15-9-16-29-47)40-50(64(4,5)6)41-56(62)48-30-17-10-18-31-48;1-2;/h7-41,43-44H,1-6H3;;/q-3;-1;+4. The molecule has 0 saturated carbocycles. The summed E-state index contributed by atoms with van der Waals surface area (Å²) in [5.41, 5.74) is 20.4. The molecule has 2 heterocycles. The van der Waals surface area contributed by atoms with Gasteiger partial charge in [0.05, 0.1) is 0 Å². The van der Waals surface area contributed by atoms with E-state index in [1.807, 2.05) is 0 Å². The predicted molar refractivity (Wildman–Crippen MR) is 292 cm³/mol. The Morgan fingerprint density at radius 1 is 0.352 bits per heavy atom. The van der Waals surface area contributed by atoms with E-state index in [1.165, 1.54) is 55.6 Å². The molecule has 0 amide bonds. The molecule has 0 spiro atoms. The maximum absolute atomic E-state index is 6.25. The Morgan fingerprint density at radius 2 is 0.606 bits per heavy atom. The first kappa shape index (κ1) is 48.4. The molecule has 71 heavy (non-hydrogen) atoms. The van der Waals surface area contributed by atoms with Gasteiger partial charge >= 0.3 is 21.1 Å². The third kappa shape index (κ3) is 9.29. The van der Waals surface area contributed by atoms with Crippen LogP contribution >= 0.6 is 0 Å². The molecular formula is C65H55N5Pt. The van der Waals surface area contributed by atoms with E-state index < -0.39 is 0 Å². The molecular weight excluding hydrogens is 1050 g/mol. The summed E-state index contributed by atoms with van der Waals surface area (Å²) >= 11 is 0. The van der Waals surface area contributed by atoms with Gasteiger partial charge in [0.25, 0.3) is 0 Å². The van der Waals surface area contributed by atoms with Crippen LogP contribution in [0.15, 0.2) is 212 Å². The van der Waals surface area contributed by atoms with Crippen molar-refractivity contribution in [2.45, 2.75) is 52.4 Å². The quantitative estimate of drug-likeness (QED) is 0.142. The van der Waals surface area contributed by atoms with E-state index in [2.05, 4.69) is 293 Å². The maximum Gasteiger partial charge on any atom is 4.00 e. The molecule has 5 nitrogen and oxygen atoms in total. The Balaban J connectivity index is 0.00000206. The Hall–Kier alpha value is -7.64. The second-order valence-electron chi connectivity index (χ2n) is 19.9. The molecule has 2 aliphatic rings. The molecule has 0 fully saturated rings. The van der Waals surface area contributed by atoms with Gasteiger partial charge < -0.3 is 31.4 Å². The zero-order chi connectivity index (χ0) is 48.6. The normalized spacial score (nSPS) is 13.0. The minimum atomic E-state index is -0.0669. The summed E-state index contributed by atoms with van der Waals surface area (Å²) < 4.78 is 0. The van der Waals surface area contributed by atoms with Crippen molar-refractivity contribution >= 4 is 45.5 Å². The molecule has 350 valence electrons. The molecule has 11 rings (SSSR count). The molecule has 0 aliphatic carbocycles. The van der Waals surface area contributed by atoms with Gasteiger partial charge in [0, 0.05) is 56.4 Å². The van der Waals surface area contributed by atoms with Gasteiger partial charge in [-0.3, -0.25) is 0 Å². The Bertz CT molecular complexity index is 2980. The Kier molecular flexibility index (Phi) is 13.6. The first-order valence-corrected chi connectivity index (χ1v) is 23.9. The number of hydrogen-bond acceptors (Lipinski definition) is 5. The van der Waals surface area contributed by atoms with Gasteiger partial charge in [-0.15, -0.1) is 42.9 Å². The van der Waals surface area contributed by atoms with Crippen molar-refractivity contribution in [2.24, 2.45) is 0 Å². The van der Waals surface area contributed by atoms with Gasteiger partial charge in [-0.2, -0.15) is 6.07 Å². The largest absolute Gasteiger partial charge is 4.00 e. The van der Waals surface area contributed by atoms with Crippen molar-refractivity contribution in [3.8, 4) is 44.5 Å². The van der Waals surface area contributed by atoms with Gasteiger partial charge in [-0.25, -0.2) is 0 Å². The minimum Gasteiger partial charge on any atom is -0.512 e. The summed E-state index contributed by atoms with van der Waals surface area (Å²) in [4.78, 5) is 9.38. The van der Waals surface area contributed by atoms with Crippen molar-refractivity contribution in [1.82, 2.24) is 0 Å². The smallest absolute Gasteiger partial charge is 0.512 e. The van der Waals surface area contributed by atoms with E-state index >= 15 is 0 Å². The van der Waals surface area contributed by atoms with E-state index in [9.17, 15) is 0 Å². The predicted octanol–water partition coefficient (Wildman–Crippen LogP) is 17.7. The van der Waals surface area contributed by atoms with E-state index in [-0.39, 0.29) is 31.9 Å². The van der Waals surface area contributed by atoms with Gasteiger partial charge in [-0.05, 0) is 92.7 Å². The topological polar surface area (TPSA) is 36.8 Å². The molecule has 9 aromatic rings. The number of fused-ring (bicyclic) bond motifs is 2. The molecule has 0 unspecified atom stereocenters. The summed E-state index contributed by atoms with van der Waals surface area (Å²) in [6, 6.07) is 80.8. The van der Waals surface area contributed by atoms with E-state index in [4.69, 9.17) is 11.8 Å². The molecule has 9 aromatic carbocycles. The SMILES string of the molecule is CC(C)(C)c1cc(-c2ccccc2)c(N2[CH-]N(c3[c-]c(N4[CH-]N(c5c(-c6ccccc6)cc(C(C)(C)C)cc5-c5ccccc5)c5ccccc54)ccc3)c3ccccc32)c(-c2ccccc2)c1.[C-]#N.[Pt+4]. The molecule has 0 aromatic heterocycles. The maximum atomic E-state index is 6.25. The van der Waals surface area contributed by atoms with Gasteiger partial charge in [0.1, 0.15) is 0 Å². The van der Waals surface area contributed by atoms with E-state index in [0.717, 1.165) is 45.5 Å². The van der Waals surface area contributed by atoms with Crippen LogP contribution in [-0.2, 0) is 31.9 Å². The van der Waals surface area contributed by atoms with Crippen LogP contribution in [0.4, 0.5) is 45.5 Å². The second-order valence-corrected chi connectivity index (χ2v) is 19.9. The Labute approximate surface area is 435 Å². The Morgan fingerprint density at radius 3 is 0.873 bits per heavy atom. The molecule has 0 N–H and O–H groups in total. The first-order valence-electron chi connectivity index (χ1n) is 23.9. The second kappa shape index (κ2) is 20.0. The van der Waals surface area contributed by atoms with Gasteiger partial charge in [-0.1, -0.05) is 187 Å². The van der Waals surface area contributed by atoms with Crippen LogP contribution in [0.25, 0.3) is 44.5 Å². The van der Waals surface area contributed by atoms with Gasteiger partial charge in [0.2, 0.25) is 0 Å². The van der Waals surface area contributed by atoms with Crippen molar-refractivity contribution < 1.29 is 21.1 Å². The van der Waals surface area contributed by atoms with E-state index in [0.29, 0.717) is 0 Å². The van der Waals surface area contributed by atoms with Crippen LogP contribution in [0.3, 0.4) is 0 Å². The summed E-state index contributed by atoms with van der Waals surface area (Å²) in [6.45, 7) is 23.1. The number of anilines is 8. The molecule has 0 atom stereocenters.